The summed E-state index contributed by atoms with van der Waals surface area (Å²) in [5.74, 6) is 0.926. The van der Waals surface area contributed by atoms with E-state index in [1.807, 2.05) is 49.5 Å². The molecule has 1 unspecified atom stereocenters. The van der Waals surface area contributed by atoms with Crippen molar-refractivity contribution in [1.82, 2.24) is 9.97 Å². The fourth-order valence-corrected chi connectivity index (χ4v) is 2.50. The van der Waals surface area contributed by atoms with Crippen LogP contribution in [0.1, 0.15) is 18.5 Å². The van der Waals surface area contributed by atoms with Gasteiger partial charge in [-0.25, -0.2) is 9.97 Å². The van der Waals surface area contributed by atoms with Crippen LogP contribution >= 0.6 is 0 Å². The van der Waals surface area contributed by atoms with Gasteiger partial charge in [-0.1, -0.05) is 24.3 Å². The van der Waals surface area contributed by atoms with Gasteiger partial charge >= 0.3 is 0 Å². The van der Waals surface area contributed by atoms with E-state index < -0.39 is 0 Å². The molecule has 4 nitrogen and oxygen atoms in total. The first-order valence-corrected chi connectivity index (χ1v) is 6.95. The Morgan fingerprint density at radius 2 is 1.86 bits per heavy atom. The Bertz CT molecular complexity index is 764. The van der Waals surface area contributed by atoms with Crippen LogP contribution in [-0.4, -0.2) is 17.0 Å². The van der Waals surface area contributed by atoms with Gasteiger partial charge in [0.1, 0.15) is 12.1 Å². The number of nitrogens with two attached hydrogens (primary N) is 1. The lowest BCUT2D eigenvalue weighted by atomic mass is 10.1. The topological polar surface area (TPSA) is 55.0 Å². The first-order chi connectivity index (χ1) is 10.2. The average molecular weight is 278 g/mol. The fourth-order valence-electron chi connectivity index (χ4n) is 2.50. The quantitative estimate of drug-likeness (QED) is 0.746. The van der Waals surface area contributed by atoms with Crippen LogP contribution in [-0.2, 0) is 0 Å². The van der Waals surface area contributed by atoms with Crippen LogP contribution in [0.4, 0.5) is 11.5 Å². The SMILES string of the molecule is CC(c1cccc(N)c1)N(C)c1ncnc2ccccc12. The van der Waals surface area contributed by atoms with E-state index >= 15 is 0 Å². The van der Waals surface area contributed by atoms with Gasteiger partial charge in [-0.15, -0.1) is 0 Å². The van der Waals surface area contributed by atoms with Crippen LogP contribution in [0.25, 0.3) is 10.9 Å². The molecule has 0 fully saturated rings. The molecule has 3 rings (SSSR count). The number of fused-ring (bicyclic) bond motifs is 1. The van der Waals surface area contributed by atoms with E-state index in [0.29, 0.717) is 0 Å². The van der Waals surface area contributed by atoms with Crippen LogP contribution in [0.2, 0.25) is 0 Å². The molecule has 3 aromatic rings. The van der Waals surface area contributed by atoms with Crippen molar-refractivity contribution in [3.05, 3.63) is 60.4 Å². The predicted molar refractivity (Wildman–Crippen MR) is 87.2 cm³/mol. The van der Waals surface area contributed by atoms with Crippen LogP contribution in [0, 0.1) is 0 Å². The number of aromatic nitrogens is 2. The fraction of sp³-hybridized carbons (Fsp3) is 0.176. The molecule has 1 heterocycles. The molecule has 0 radical (unpaired) electrons. The first kappa shape index (κ1) is 13.4. The summed E-state index contributed by atoms with van der Waals surface area (Å²) < 4.78 is 0. The van der Waals surface area contributed by atoms with Crippen molar-refractivity contribution in [3.63, 3.8) is 0 Å². The average Bonchev–Trinajstić information content (AvgIpc) is 2.53. The summed E-state index contributed by atoms with van der Waals surface area (Å²) in [6.45, 7) is 2.14. The van der Waals surface area contributed by atoms with Crippen LogP contribution in [0.5, 0.6) is 0 Å². The zero-order valence-corrected chi connectivity index (χ0v) is 12.2. The van der Waals surface area contributed by atoms with Crippen molar-refractivity contribution in [1.29, 1.82) is 0 Å². The van der Waals surface area contributed by atoms with Gasteiger partial charge in [0.2, 0.25) is 0 Å². The summed E-state index contributed by atoms with van der Waals surface area (Å²) in [7, 11) is 2.04. The van der Waals surface area contributed by atoms with Crippen molar-refractivity contribution < 1.29 is 0 Å². The number of hydrogen-bond donors (Lipinski definition) is 1. The largest absolute Gasteiger partial charge is 0.399 e. The summed E-state index contributed by atoms with van der Waals surface area (Å²) in [4.78, 5) is 10.9. The number of benzene rings is 2. The predicted octanol–water partition coefficient (Wildman–Crippen LogP) is 3.41. The Morgan fingerprint density at radius 3 is 2.67 bits per heavy atom. The van der Waals surface area contributed by atoms with E-state index in [-0.39, 0.29) is 6.04 Å². The third-order valence-electron chi connectivity index (χ3n) is 3.83. The van der Waals surface area contributed by atoms with Gasteiger partial charge in [-0.05, 0) is 36.8 Å². The zero-order valence-electron chi connectivity index (χ0n) is 12.2. The number of nitrogens with zero attached hydrogens (tertiary/aromatic N) is 3. The third-order valence-corrected chi connectivity index (χ3v) is 3.83. The summed E-state index contributed by atoms with van der Waals surface area (Å²) >= 11 is 0. The Hall–Kier alpha value is -2.62. The Balaban J connectivity index is 2.02. The number of para-hydroxylation sites is 1. The molecule has 2 aromatic carbocycles. The third kappa shape index (κ3) is 2.52. The Labute approximate surface area is 124 Å². The van der Waals surface area contributed by atoms with E-state index in [1.165, 1.54) is 5.56 Å². The monoisotopic (exact) mass is 278 g/mol. The number of hydrogen-bond acceptors (Lipinski definition) is 4. The molecule has 0 bridgehead atoms. The second kappa shape index (κ2) is 5.40. The second-order valence-electron chi connectivity index (χ2n) is 5.17. The van der Waals surface area contributed by atoms with Gasteiger partial charge in [0, 0.05) is 18.1 Å². The molecule has 1 atom stereocenters. The highest BCUT2D eigenvalue weighted by atomic mass is 15.2. The molecule has 0 saturated heterocycles. The highest BCUT2D eigenvalue weighted by molar-refractivity contribution is 5.89. The highest BCUT2D eigenvalue weighted by Gasteiger charge is 2.16. The molecule has 1 aromatic heterocycles. The molecular formula is C17H18N4. The normalized spacial score (nSPS) is 12.3. The van der Waals surface area contributed by atoms with Crippen LogP contribution < -0.4 is 10.6 Å². The Morgan fingerprint density at radius 1 is 1.05 bits per heavy atom. The van der Waals surface area contributed by atoms with Gasteiger partial charge < -0.3 is 10.6 Å². The summed E-state index contributed by atoms with van der Waals surface area (Å²) in [5.41, 5.74) is 8.78. The van der Waals surface area contributed by atoms with Crippen molar-refractivity contribution in [2.75, 3.05) is 17.7 Å². The van der Waals surface area contributed by atoms with Crippen molar-refractivity contribution in [3.8, 4) is 0 Å². The van der Waals surface area contributed by atoms with Gasteiger partial charge in [-0.3, -0.25) is 0 Å². The highest BCUT2D eigenvalue weighted by Crippen LogP contribution is 2.29. The molecule has 0 aliphatic heterocycles. The maximum Gasteiger partial charge on any atom is 0.140 e. The number of nitrogen functional groups attached to an aromatic ring is 1. The molecule has 21 heavy (non-hydrogen) atoms. The summed E-state index contributed by atoms with van der Waals surface area (Å²) in [6.07, 6.45) is 1.61. The van der Waals surface area contributed by atoms with E-state index in [1.54, 1.807) is 6.33 Å². The lowest BCUT2D eigenvalue weighted by Gasteiger charge is -2.27. The molecule has 0 aliphatic carbocycles. The Kier molecular flexibility index (Phi) is 3.44. The van der Waals surface area contributed by atoms with E-state index in [9.17, 15) is 0 Å². The number of rotatable bonds is 3. The molecule has 106 valence electrons. The standard InChI is InChI=1S/C17H18N4/c1-12(13-6-5-7-14(18)10-13)21(2)17-15-8-3-4-9-16(15)19-11-20-17/h3-12H,18H2,1-2H3. The lowest BCUT2D eigenvalue weighted by Crippen LogP contribution is -2.23. The number of anilines is 2. The van der Waals surface area contributed by atoms with Gasteiger partial charge in [0.25, 0.3) is 0 Å². The first-order valence-electron chi connectivity index (χ1n) is 6.95. The van der Waals surface area contributed by atoms with Crippen LogP contribution in [0.15, 0.2) is 54.9 Å². The van der Waals surface area contributed by atoms with Crippen molar-refractivity contribution >= 4 is 22.4 Å². The van der Waals surface area contributed by atoms with E-state index in [4.69, 9.17) is 5.73 Å². The van der Waals surface area contributed by atoms with E-state index in [0.717, 1.165) is 22.4 Å². The van der Waals surface area contributed by atoms with Crippen molar-refractivity contribution in [2.24, 2.45) is 0 Å². The lowest BCUT2D eigenvalue weighted by molar-refractivity contribution is 0.731. The molecule has 0 saturated carbocycles. The second-order valence-corrected chi connectivity index (χ2v) is 5.17. The molecular weight excluding hydrogens is 260 g/mol. The summed E-state index contributed by atoms with van der Waals surface area (Å²) in [6, 6.07) is 16.2. The van der Waals surface area contributed by atoms with Gasteiger partial charge in [0.15, 0.2) is 0 Å². The minimum Gasteiger partial charge on any atom is -0.399 e. The maximum absolute atomic E-state index is 5.88. The minimum absolute atomic E-state index is 0.173. The van der Waals surface area contributed by atoms with Gasteiger partial charge in [0.05, 0.1) is 11.6 Å². The smallest absolute Gasteiger partial charge is 0.140 e. The van der Waals surface area contributed by atoms with E-state index in [2.05, 4.69) is 27.9 Å². The molecule has 0 amide bonds. The van der Waals surface area contributed by atoms with Gasteiger partial charge in [-0.2, -0.15) is 0 Å². The molecule has 0 spiro atoms. The maximum atomic E-state index is 5.88. The van der Waals surface area contributed by atoms with Crippen LogP contribution in [0.3, 0.4) is 0 Å². The molecule has 0 aliphatic rings. The minimum atomic E-state index is 0.173. The zero-order chi connectivity index (χ0) is 14.8. The molecule has 2 N–H and O–H groups in total. The molecule has 4 heteroatoms. The summed E-state index contributed by atoms with van der Waals surface area (Å²) in [5, 5.41) is 1.05. The van der Waals surface area contributed by atoms with Crippen molar-refractivity contribution in [2.45, 2.75) is 13.0 Å².